The number of likely N-dealkylation sites (N-methyl/N-ethyl adjacent to an activating group) is 1. The summed E-state index contributed by atoms with van der Waals surface area (Å²) >= 11 is 16.3. The van der Waals surface area contributed by atoms with Gasteiger partial charge >= 0.3 is 18.0 Å². The van der Waals surface area contributed by atoms with Gasteiger partial charge in [0.2, 0.25) is 3.79 Å². The summed E-state index contributed by atoms with van der Waals surface area (Å²) in [7, 11) is 1.20. The van der Waals surface area contributed by atoms with E-state index in [9.17, 15) is 19.5 Å². The number of carboxylic acids is 1. The summed E-state index contributed by atoms with van der Waals surface area (Å²) in [5.41, 5.74) is 0.734. The zero-order chi connectivity index (χ0) is 19.0. The van der Waals surface area contributed by atoms with Crippen molar-refractivity contribution in [3.63, 3.8) is 0 Å². The fourth-order valence-corrected chi connectivity index (χ4v) is 1.88. The molecule has 7 nitrogen and oxygen atoms in total. The summed E-state index contributed by atoms with van der Waals surface area (Å²) in [4.78, 5) is 35.8. The van der Waals surface area contributed by atoms with Gasteiger partial charge in [-0.2, -0.15) is 0 Å². The zero-order valence-corrected chi connectivity index (χ0v) is 15.4. The van der Waals surface area contributed by atoms with E-state index in [1.54, 1.807) is 30.3 Å². The number of aliphatic carboxylic acids is 1. The summed E-state index contributed by atoms with van der Waals surface area (Å²) < 4.78 is 7.88. The maximum atomic E-state index is 12.0. The molecular formula is C15H16Cl3NO6. The number of alkyl halides is 3. The Morgan fingerprint density at radius 1 is 1.16 bits per heavy atom. The Bertz CT molecular complexity index is 605. The lowest BCUT2D eigenvalue weighted by atomic mass is 10.2. The first-order valence-electron chi connectivity index (χ1n) is 6.99. The highest BCUT2D eigenvalue weighted by molar-refractivity contribution is 6.67. The van der Waals surface area contributed by atoms with Gasteiger partial charge in [-0.15, -0.1) is 0 Å². The number of benzene rings is 1. The van der Waals surface area contributed by atoms with Gasteiger partial charge in [-0.05, 0) is 5.56 Å². The molecule has 25 heavy (non-hydrogen) atoms. The molecule has 0 aliphatic rings. The van der Waals surface area contributed by atoms with Crippen LogP contribution >= 0.6 is 34.8 Å². The molecule has 1 rings (SSSR count). The molecule has 1 amide bonds. The lowest BCUT2D eigenvalue weighted by Crippen LogP contribution is -2.44. The predicted octanol–water partition coefficient (Wildman–Crippen LogP) is 3.01. The molecule has 0 saturated heterocycles. The molecule has 0 saturated carbocycles. The van der Waals surface area contributed by atoms with Crippen LogP contribution < -0.4 is 0 Å². The molecule has 138 valence electrons. The number of carboxylic acid groups (broad SMARTS) is 1. The highest BCUT2D eigenvalue weighted by Crippen LogP contribution is 2.26. The van der Waals surface area contributed by atoms with Crippen LogP contribution in [0.1, 0.15) is 12.0 Å². The zero-order valence-electron chi connectivity index (χ0n) is 13.2. The minimum absolute atomic E-state index is 0.0337. The van der Waals surface area contributed by atoms with Crippen LogP contribution in [-0.4, -0.2) is 51.5 Å². The Hall–Kier alpha value is -1.70. The van der Waals surface area contributed by atoms with Crippen LogP contribution in [0.2, 0.25) is 0 Å². The molecular weight excluding hydrogens is 397 g/mol. The Labute approximate surface area is 159 Å². The number of amides is 1. The molecule has 0 aliphatic carbocycles. The van der Waals surface area contributed by atoms with E-state index in [1.165, 1.54) is 7.05 Å². The fourth-order valence-electron chi connectivity index (χ4n) is 1.72. The largest absolute Gasteiger partial charge is 0.480 e. The lowest BCUT2D eigenvalue weighted by molar-refractivity contribution is -0.151. The third kappa shape index (κ3) is 8.29. The van der Waals surface area contributed by atoms with Gasteiger partial charge in [0.15, 0.2) is 0 Å². The van der Waals surface area contributed by atoms with Crippen LogP contribution in [0.4, 0.5) is 4.79 Å². The number of hydrogen-bond donors (Lipinski definition) is 1. The monoisotopic (exact) mass is 411 g/mol. The van der Waals surface area contributed by atoms with Gasteiger partial charge in [-0.3, -0.25) is 9.69 Å². The Balaban J connectivity index is 2.59. The first kappa shape index (κ1) is 21.3. The smallest absolute Gasteiger partial charge is 0.410 e. The first-order valence-corrected chi connectivity index (χ1v) is 8.12. The van der Waals surface area contributed by atoms with Crippen LogP contribution in [0.5, 0.6) is 0 Å². The van der Waals surface area contributed by atoms with Gasteiger partial charge in [-0.1, -0.05) is 65.1 Å². The third-order valence-electron chi connectivity index (χ3n) is 3.00. The molecule has 0 aliphatic heterocycles. The van der Waals surface area contributed by atoms with Crippen molar-refractivity contribution in [2.24, 2.45) is 0 Å². The van der Waals surface area contributed by atoms with E-state index in [0.29, 0.717) is 0 Å². The second-order valence-corrected chi connectivity index (χ2v) is 7.50. The minimum atomic E-state index is -1.81. The van der Waals surface area contributed by atoms with Gasteiger partial charge in [0.1, 0.15) is 19.3 Å². The lowest BCUT2D eigenvalue weighted by Gasteiger charge is -2.23. The number of ether oxygens (including phenoxy) is 2. The average Bonchev–Trinajstić information content (AvgIpc) is 2.55. The van der Waals surface area contributed by atoms with Crippen molar-refractivity contribution < 1.29 is 29.0 Å². The van der Waals surface area contributed by atoms with E-state index >= 15 is 0 Å². The number of halogens is 3. The van der Waals surface area contributed by atoms with E-state index in [2.05, 4.69) is 4.74 Å². The van der Waals surface area contributed by atoms with Crippen LogP contribution in [0.15, 0.2) is 30.3 Å². The molecule has 0 heterocycles. The second-order valence-electron chi connectivity index (χ2n) is 4.99. The van der Waals surface area contributed by atoms with Crippen molar-refractivity contribution in [2.45, 2.75) is 22.9 Å². The summed E-state index contributed by atoms with van der Waals surface area (Å²) in [5, 5.41) is 9.22. The molecule has 1 N–H and O–H groups in total. The molecule has 0 aromatic heterocycles. The standard InChI is InChI=1S/C15H16Cl3NO6/c1-19(14(23)24-8-10-5-3-2-4-6-10)11(13(21)22)7-12(20)25-9-15(16,17)18/h2-6,11H,7-9H2,1H3,(H,21,22). The van der Waals surface area contributed by atoms with E-state index in [0.717, 1.165) is 10.5 Å². The molecule has 1 unspecified atom stereocenters. The van der Waals surface area contributed by atoms with Crippen molar-refractivity contribution in [2.75, 3.05) is 13.7 Å². The Kier molecular flexibility index (Phi) is 8.28. The average molecular weight is 413 g/mol. The normalized spacial score (nSPS) is 12.2. The molecule has 0 fully saturated rings. The molecule has 10 heteroatoms. The maximum Gasteiger partial charge on any atom is 0.410 e. The highest BCUT2D eigenvalue weighted by atomic mass is 35.6. The maximum absolute atomic E-state index is 12.0. The molecule has 1 aromatic rings. The van der Waals surface area contributed by atoms with Crippen molar-refractivity contribution in [1.29, 1.82) is 0 Å². The number of carbonyl (C=O) groups is 3. The van der Waals surface area contributed by atoms with E-state index in [4.69, 9.17) is 39.5 Å². The highest BCUT2D eigenvalue weighted by Gasteiger charge is 2.31. The number of esters is 1. The Morgan fingerprint density at radius 3 is 2.28 bits per heavy atom. The number of nitrogens with zero attached hydrogens (tertiary/aromatic N) is 1. The van der Waals surface area contributed by atoms with E-state index in [-0.39, 0.29) is 6.61 Å². The summed E-state index contributed by atoms with van der Waals surface area (Å²) in [5.74, 6) is -2.33. The van der Waals surface area contributed by atoms with Crippen molar-refractivity contribution in [3.05, 3.63) is 35.9 Å². The molecule has 1 atom stereocenters. The van der Waals surface area contributed by atoms with Gasteiger partial charge in [0, 0.05) is 7.05 Å². The SMILES string of the molecule is CN(C(=O)OCc1ccccc1)C(CC(=O)OCC(Cl)(Cl)Cl)C(=O)O. The molecule has 1 aromatic carbocycles. The van der Waals surface area contributed by atoms with Gasteiger partial charge in [-0.25, -0.2) is 9.59 Å². The summed E-state index contributed by atoms with van der Waals surface area (Å²) in [6, 6.07) is 7.36. The van der Waals surface area contributed by atoms with Crippen molar-refractivity contribution in [1.82, 2.24) is 4.90 Å². The second kappa shape index (κ2) is 9.70. The first-order chi connectivity index (χ1) is 11.6. The van der Waals surface area contributed by atoms with Crippen LogP contribution in [0.25, 0.3) is 0 Å². The minimum Gasteiger partial charge on any atom is -0.480 e. The van der Waals surface area contributed by atoms with Crippen LogP contribution in [-0.2, 0) is 25.7 Å². The summed E-state index contributed by atoms with van der Waals surface area (Å²) in [6.07, 6.45) is -1.52. The quantitative estimate of drug-likeness (QED) is 0.546. The predicted molar refractivity (Wildman–Crippen MR) is 91.7 cm³/mol. The van der Waals surface area contributed by atoms with Crippen LogP contribution in [0, 0.1) is 0 Å². The van der Waals surface area contributed by atoms with Gasteiger partial charge in [0.05, 0.1) is 6.42 Å². The van der Waals surface area contributed by atoms with Crippen molar-refractivity contribution in [3.8, 4) is 0 Å². The van der Waals surface area contributed by atoms with Crippen LogP contribution in [0.3, 0.4) is 0 Å². The topological polar surface area (TPSA) is 93.1 Å². The number of hydrogen-bond acceptors (Lipinski definition) is 5. The molecule has 0 spiro atoms. The number of carbonyl (C=O) groups excluding carboxylic acids is 2. The molecule has 0 bridgehead atoms. The van der Waals surface area contributed by atoms with Crippen molar-refractivity contribution >= 4 is 52.8 Å². The van der Waals surface area contributed by atoms with E-state index < -0.39 is 40.9 Å². The fraction of sp³-hybridized carbons (Fsp3) is 0.400. The Morgan fingerprint density at radius 2 is 1.76 bits per heavy atom. The van der Waals surface area contributed by atoms with Gasteiger partial charge in [0.25, 0.3) is 0 Å². The van der Waals surface area contributed by atoms with Gasteiger partial charge < -0.3 is 14.6 Å². The summed E-state index contributed by atoms with van der Waals surface area (Å²) in [6.45, 7) is -0.570. The van der Waals surface area contributed by atoms with E-state index in [1.807, 2.05) is 0 Å². The number of rotatable bonds is 7. The molecule has 0 radical (unpaired) electrons. The third-order valence-corrected chi connectivity index (χ3v) is 3.33.